The van der Waals surface area contributed by atoms with Gasteiger partial charge in [-0.1, -0.05) is 60.7 Å². The van der Waals surface area contributed by atoms with Crippen LogP contribution in [0.25, 0.3) is 0 Å². The first-order valence-corrected chi connectivity index (χ1v) is 5.63. The summed E-state index contributed by atoms with van der Waals surface area (Å²) in [5.74, 6) is -2.12. The quantitative estimate of drug-likeness (QED) is 0.828. The van der Waals surface area contributed by atoms with Gasteiger partial charge in [-0.05, 0) is 11.1 Å². The van der Waals surface area contributed by atoms with Crippen LogP contribution in [0.1, 0.15) is 17.0 Å². The minimum absolute atomic E-state index is 0.590. The van der Waals surface area contributed by atoms with Gasteiger partial charge >= 0.3 is 0 Å². The fourth-order valence-corrected chi connectivity index (χ4v) is 1.93. The van der Waals surface area contributed by atoms with E-state index in [2.05, 4.69) is 0 Å². The Hall–Kier alpha value is -2.42. The van der Waals surface area contributed by atoms with E-state index >= 15 is 0 Å². The standard InChI is InChI=1S/C15H13NO2/c16-15(18)14(17)13(11-7-3-1-4-8-11)12-9-5-2-6-10-12/h1-10,13H,(H2,16,18). The molecule has 90 valence electrons. The first-order chi connectivity index (χ1) is 8.70. The number of nitrogens with two attached hydrogens (primary N) is 1. The number of hydrogen-bond donors (Lipinski definition) is 1. The minimum atomic E-state index is -0.910. The predicted molar refractivity (Wildman–Crippen MR) is 68.9 cm³/mol. The number of Topliss-reactive ketones (excluding diaryl/α,β-unsaturated/α-hetero) is 1. The van der Waals surface area contributed by atoms with E-state index in [0.29, 0.717) is 0 Å². The first-order valence-electron chi connectivity index (χ1n) is 5.63. The predicted octanol–water partition coefficient (Wildman–Crippen LogP) is 1.87. The molecule has 0 aliphatic heterocycles. The van der Waals surface area contributed by atoms with E-state index in [-0.39, 0.29) is 0 Å². The van der Waals surface area contributed by atoms with Crippen molar-refractivity contribution in [2.45, 2.75) is 5.92 Å². The fraction of sp³-hybridized carbons (Fsp3) is 0.0667. The lowest BCUT2D eigenvalue weighted by Crippen LogP contribution is -2.29. The number of rotatable bonds is 4. The van der Waals surface area contributed by atoms with Crippen LogP contribution in [0.5, 0.6) is 0 Å². The summed E-state index contributed by atoms with van der Waals surface area (Å²) in [6.07, 6.45) is 0. The van der Waals surface area contributed by atoms with Crippen LogP contribution >= 0.6 is 0 Å². The SMILES string of the molecule is NC(=O)C(=O)C(c1ccccc1)c1ccccc1. The molecule has 0 aromatic heterocycles. The third-order valence-electron chi connectivity index (χ3n) is 2.77. The lowest BCUT2D eigenvalue weighted by atomic mass is 9.87. The topological polar surface area (TPSA) is 60.2 Å². The molecule has 0 saturated carbocycles. The zero-order valence-corrected chi connectivity index (χ0v) is 9.74. The Morgan fingerprint density at radius 1 is 0.778 bits per heavy atom. The summed E-state index contributed by atoms with van der Waals surface area (Å²) in [7, 11) is 0. The van der Waals surface area contributed by atoms with Gasteiger partial charge in [0.1, 0.15) is 0 Å². The molecule has 0 aliphatic carbocycles. The second-order valence-corrected chi connectivity index (χ2v) is 3.98. The highest BCUT2D eigenvalue weighted by Crippen LogP contribution is 2.25. The average molecular weight is 239 g/mol. The second kappa shape index (κ2) is 5.27. The molecule has 1 amide bonds. The molecule has 2 aromatic rings. The third-order valence-corrected chi connectivity index (χ3v) is 2.77. The molecule has 0 radical (unpaired) electrons. The summed E-state index contributed by atoms with van der Waals surface area (Å²) in [6.45, 7) is 0. The maximum absolute atomic E-state index is 12.0. The molecule has 2 rings (SSSR count). The smallest absolute Gasteiger partial charge is 0.285 e. The molecular formula is C15H13NO2. The van der Waals surface area contributed by atoms with E-state index in [1.165, 1.54) is 0 Å². The number of ketones is 1. The summed E-state index contributed by atoms with van der Waals surface area (Å²) in [6, 6.07) is 18.3. The number of amides is 1. The number of carbonyl (C=O) groups excluding carboxylic acids is 2. The van der Waals surface area contributed by atoms with Crippen LogP contribution in [0.4, 0.5) is 0 Å². The van der Waals surface area contributed by atoms with Crippen LogP contribution in [0.3, 0.4) is 0 Å². The van der Waals surface area contributed by atoms with Gasteiger partial charge in [-0.25, -0.2) is 0 Å². The van der Waals surface area contributed by atoms with Crippen molar-refractivity contribution in [1.82, 2.24) is 0 Å². The molecule has 3 nitrogen and oxygen atoms in total. The van der Waals surface area contributed by atoms with Crippen LogP contribution in [-0.2, 0) is 9.59 Å². The maximum atomic E-state index is 12.0. The van der Waals surface area contributed by atoms with Gasteiger partial charge in [-0.3, -0.25) is 9.59 Å². The van der Waals surface area contributed by atoms with Crippen LogP contribution in [0.15, 0.2) is 60.7 Å². The Labute approximate surface area is 105 Å². The Morgan fingerprint density at radius 3 is 1.50 bits per heavy atom. The number of hydrogen-bond acceptors (Lipinski definition) is 2. The van der Waals surface area contributed by atoms with Gasteiger partial charge in [0.05, 0.1) is 5.92 Å². The van der Waals surface area contributed by atoms with Gasteiger partial charge in [0.25, 0.3) is 5.91 Å². The van der Waals surface area contributed by atoms with Crippen molar-refractivity contribution < 1.29 is 9.59 Å². The van der Waals surface area contributed by atoms with Gasteiger partial charge in [0, 0.05) is 0 Å². The van der Waals surface area contributed by atoms with Crippen LogP contribution in [-0.4, -0.2) is 11.7 Å². The van der Waals surface area contributed by atoms with Crippen molar-refractivity contribution in [3.05, 3.63) is 71.8 Å². The molecule has 0 bridgehead atoms. The Bertz CT molecular complexity index is 510. The van der Waals surface area contributed by atoms with Gasteiger partial charge < -0.3 is 5.73 Å². The van der Waals surface area contributed by atoms with E-state index in [1.54, 1.807) is 0 Å². The zero-order chi connectivity index (χ0) is 13.0. The largest absolute Gasteiger partial charge is 0.363 e. The highest BCUT2D eigenvalue weighted by molar-refractivity contribution is 6.38. The summed E-state index contributed by atoms with van der Waals surface area (Å²) >= 11 is 0. The van der Waals surface area contributed by atoms with Gasteiger partial charge in [-0.15, -0.1) is 0 Å². The molecule has 0 spiro atoms. The molecule has 0 unspecified atom stereocenters. The molecule has 2 N–H and O–H groups in total. The Kier molecular flexibility index (Phi) is 3.53. The third kappa shape index (κ3) is 2.46. The number of carbonyl (C=O) groups is 2. The van der Waals surface area contributed by atoms with Crippen LogP contribution in [0, 0.1) is 0 Å². The lowest BCUT2D eigenvalue weighted by molar-refractivity contribution is -0.136. The molecule has 3 heteroatoms. The van der Waals surface area contributed by atoms with E-state index < -0.39 is 17.6 Å². The lowest BCUT2D eigenvalue weighted by Gasteiger charge is -2.14. The van der Waals surface area contributed by atoms with Crippen molar-refractivity contribution >= 4 is 11.7 Å². The van der Waals surface area contributed by atoms with Gasteiger partial charge in [0.15, 0.2) is 0 Å². The van der Waals surface area contributed by atoms with Crippen molar-refractivity contribution in [3.8, 4) is 0 Å². The van der Waals surface area contributed by atoms with Crippen molar-refractivity contribution in [1.29, 1.82) is 0 Å². The van der Waals surface area contributed by atoms with Crippen LogP contribution in [0.2, 0.25) is 0 Å². The summed E-state index contributed by atoms with van der Waals surface area (Å²) in [5, 5.41) is 0. The molecule has 0 atom stereocenters. The molecule has 18 heavy (non-hydrogen) atoms. The fourth-order valence-electron chi connectivity index (χ4n) is 1.93. The molecule has 0 aliphatic rings. The summed E-state index contributed by atoms with van der Waals surface area (Å²) in [5.41, 5.74) is 6.66. The summed E-state index contributed by atoms with van der Waals surface area (Å²) < 4.78 is 0. The average Bonchev–Trinajstić information content (AvgIpc) is 2.41. The number of benzene rings is 2. The van der Waals surface area contributed by atoms with Crippen molar-refractivity contribution in [2.75, 3.05) is 0 Å². The minimum Gasteiger partial charge on any atom is -0.363 e. The zero-order valence-electron chi connectivity index (χ0n) is 9.74. The van der Waals surface area contributed by atoms with Crippen LogP contribution < -0.4 is 5.73 Å². The van der Waals surface area contributed by atoms with E-state index in [4.69, 9.17) is 5.73 Å². The maximum Gasteiger partial charge on any atom is 0.285 e. The van der Waals surface area contributed by atoms with E-state index in [9.17, 15) is 9.59 Å². The molecule has 0 heterocycles. The van der Waals surface area contributed by atoms with E-state index in [0.717, 1.165) is 11.1 Å². The first kappa shape index (κ1) is 12.0. The summed E-state index contributed by atoms with van der Waals surface area (Å²) in [4.78, 5) is 23.1. The Balaban J connectivity index is 2.48. The van der Waals surface area contributed by atoms with Crippen molar-refractivity contribution in [2.24, 2.45) is 5.73 Å². The number of primary amides is 1. The van der Waals surface area contributed by atoms with Crippen molar-refractivity contribution in [3.63, 3.8) is 0 Å². The molecule has 0 saturated heterocycles. The monoisotopic (exact) mass is 239 g/mol. The van der Waals surface area contributed by atoms with Gasteiger partial charge in [0.2, 0.25) is 5.78 Å². The van der Waals surface area contributed by atoms with Gasteiger partial charge in [-0.2, -0.15) is 0 Å². The normalized spacial score (nSPS) is 10.3. The van der Waals surface area contributed by atoms with E-state index in [1.807, 2.05) is 60.7 Å². The second-order valence-electron chi connectivity index (χ2n) is 3.98. The molecule has 2 aromatic carbocycles. The highest BCUT2D eigenvalue weighted by Gasteiger charge is 2.26. The highest BCUT2D eigenvalue weighted by atomic mass is 16.2. The molecule has 0 fully saturated rings. The molecular weight excluding hydrogens is 226 g/mol. The Morgan fingerprint density at radius 2 is 1.17 bits per heavy atom.